The fraction of sp³-hybridized carbons (Fsp3) is 0.577. The number of benzene rings is 1. The molecule has 2 aliphatic rings. The van der Waals surface area contributed by atoms with Gasteiger partial charge in [0.1, 0.15) is 5.82 Å². The maximum absolute atomic E-state index is 12.8. The molecule has 0 bridgehead atoms. The van der Waals surface area contributed by atoms with E-state index in [1.54, 1.807) is 6.20 Å². The molecule has 1 aromatic carbocycles. The van der Waals surface area contributed by atoms with Gasteiger partial charge in [0.25, 0.3) is 0 Å². The fourth-order valence-corrected chi connectivity index (χ4v) is 5.02. The summed E-state index contributed by atoms with van der Waals surface area (Å²) in [5, 5.41) is 0. The molecule has 1 atom stereocenters. The Labute approximate surface area is 197 Å². The summed E-state index contributed by atoms with van der Waals surface area (Å²) in [5.74, 6) is 1.86. The predicted octanol–water partition coefficient (Wildman–Crippen LogP) is 2.94. The van der Waals surface area contributed by atoms with Crippen molar-refractivity contribution < 1.29 is 9.59 Å². The molecule has 0 N–H and O–H groups in total. The Bertz CT molecular complexity index is 904. The standard InChI is InChI=1S/C26H37N5O2/c1-22-27-12-15-29(22)14-11-26(33)31-13-5-8-24(21-31)9-10-25(32)30-18-16-28(17-19-30)20-23-6-3-2-4-7-23/h2-4,6-7,12,15,24H,5,8-11,13-14,16-21H2,1H3. The van der Waals surface area contributed by atoms with Crippen molar-refractivity contribution in [1.29, 1.82) is 0 Å². The zero-order valence-corrected chi connectivity index (χ0v) is 19.9. The Hall–Kier alpha value is -2.67. The van der Waals surface area contributed by atoms with E-state index in [1.807, 2.05) is 33.6 Å². The number of piperazine rings is 1. The first-order valence-electron chi connectivity index (χ1n) is 12.4. The number of likely N-dealkylation sites (tertiary alicyclic amines) is 1. The molecular formula is C26H37N5O2. The van der Waals surface area contributed by atoms with Crippen LogP contribution in [-0.2, 0) is 22.7 Å². The van der Waals surface area contributed by atoms with Crippen LogP contribution in [0, 0.1) is 12.8 Å². The van der Waals surface area contributed by atoms with Crippen LogP contribution in [0.4, 0.5) is 0 Å². The molecule has 0 radical (unpaired) electrons. The van der Waals surface area contributed by atoms with Gasteiger partial charge in [-0.05, 0) is 37.7 Å². The summed E-state index contributed by atoms with van der Waals surface area (Å²) in [6.07, 6.45) is 7.84. The second-order valence-corrected chi connectivity index (χ2v) is 9.45. The first kappa shape index (κ1) is 23.5. The van der Waals surface area contributed by atoms with Crippen molar-refractivity contribution in [2.75, 3.05) is 39.3 Å². The molecule has 2 amide bonds. The highest BCUT2D eigenvalue weighted by atomic mass is 16.2. The van der Waals surface area contributed by atoms with Gasteiger partial charge < -0.3 is 14.4 Å². The maximum atomic E-state index is 12.8. The topological polar surface area (TPSA) is 61.7 Å². The van der Waals surface area contributed by atoms with Gasteiger partial charge in [0.2, 0.25) is 11.8 Å². The monoisotopic (exact) mass is 451 g/mol. The van der Waals surface area contributed by atoms with Crippen LogP contribution in [0.3, 0.4) is 0 Å². The van der Waals surface area contributed by atoms with Gasteiger partial charge >= 0.3 is 0 Å². The highest BCUT2D eigenvalue weighted by molar-refractivity contribution is 5.77. The van der Waals surface area contributed by atoms with E-state index in [2.05, 4.69) is 34.1 Å². The van der Waals surface area contributed by atoms with Crippen LogP contribution in [0.5, 0.6) is 0 Å². The summed E-state index contributed by atoms with van der Waals surface area (Å²) in [4.78, 5) is 36.2. The third-order valence-corrected chi connectivity index (χ3v) is 7.10. The van der Waals surface area contributed by atoms with Crippen molar-refractivity contribution in [3.63, 3.8) is 0 Å². The summed E-state index contributed by atoms with van der Waals surface area (Å²) in [7, 11) is 0. The summed E-state index contributed by atoms with van der Waals surface area (Å²) >= 11 is 0. The number of amides is 2. The van der Waals surface area contributed by atoms with Crippen molar-refractivity contribution in [2.45, 2.75) is 52.1 Å². The minimum Gasteiger partial charge on any atom is -0.342 e. The molecule has 2 aliphatic heterocycles. The van der Waals surface area contributed by atoms with Gasteiger partial charge in [-0.2, -0.15) is 0 Å². The van der Waals surface area contributed by atoms with E-state index in [0.29, 0.717) is 25.3 Å². The number of imidazole rings is 1. The van der Waals surface area contributed by atoms with Crippen LogP contribution in [0.1, 0.15) is 43.5 Å². The molecule has 7 heteroatoms. The SMILES string of the molecule is Cc1nccn1CCC(=O)N1CCCC(CCC(=O)N2CCN(Cc3ccccc3)CC2)C1. The summed E-state index contributed by atoms with van der Waals surface area (Å²) in [5.41, 5.74) is 1.33. The molecule has 1 aromatic heterocycles. The molecule has 2 aromatic rings. The van der Waals surface area contributed by atoms with E-state index >= 15 is 0 Å². The molecule has 2 saturated heterocycles. The second kappa shape index (κ2) is 11.5. The lowest BCUT2D eigenvalue weighted by atomic mass is 9.93. The molecule has 0 aliphatic carbocycles. The lowest BCUT2D eigenvalue weighted by Gasteiger charge is -2.36. The Morgan fingerprint density at radius 2 is 1.73 bits per heavy atom. The number of piperidine rings is 1. The predicted molar refractivity (Wildman–Crippen MR) is 128 cm³/mol. The van der Waals surface area contributed by atoms with E-state index in [1.165, 1.54) is 5.56 Å². The third-order valence-electron chi connectivity index (χ3n) is 7.10. The quantitative estimate of drug-likeness (QED) is 0.619. The van der Waals surface area contributed by atoms with Crippen molar-refractivity contribution in [3.8, 4) is 0 Å². The van der Waals surface area contributed by atoms with Gasteiger partial charge in [-0.3, -0.25) is 14.5 Å². The summed E-state index contributed by atoms with van der Waals surface area (Å²) in [6.45, 7) is 8.72. The average Bonchev–Trinajstić information content (AvgIpc) is 3.27. The maximum Gasteiger partial charge on any atom is 0.224 e. The van der Waals surface area contributed by atoms with Gasteiger partial charge in [-0.25, -0.2) is 4.98 Å². The molecule has 4 rings (SSSR count). The smallest absolute Gasteiger partial charge is 0.224 e. The molecule has 33 heavy (non-hydrogen) atoms. The van der Waals surface area contributed by atoms with Crippen molar-refractivity contribution in [1.82, 2.24) is 24.3 Å². The van der Waals surface area contributed by atoms with Crippen LogP contribution < -0.4 is 0 Å². The zero-order valence-electron chi connectivity index (χ0n) is 19.9. The average molecular weight is 452 g/mol. The van der Waals surface area contributed by atoms with E-state index in [4.69, 9.17) is 0 Å². The minimum absolute atomic E-state index is 0.216. The first-order valence-corrected chi connectivity index (χ1v) is 12.4. The van der Waals surface area contributed by atoms with E-state index in [9.17, 15) is 9.59 Å². The number of carbonyl (C=O) groups excluding carboxylic acids is 2. The first-order chi connectivity index (χ1) is 16.1. The third kappa shape index (κ3) is 6.67. The molecule has 178 valence electrons. The van der Waals surface area contributed by atoms with Gasteiger partial charge in [0.05, 0.1) is 0 Å². The van der Waals surface area contributed by atoms with E-state index in [0.717, 1.165) is 70.9 Å². The Morgan fingerprint density at radius 3 is 2.45 bits per heavy atom. The van der Waals surface area contributed by atoms with E-state index in [-0.39, 0.29) is 11.8 Å². The van der Waals surface area contributed by atoms with Gasteiger partial charge in [0.15, 0.2) is 0 Å². The molecule has 0 spiro atoms. The van der Waals surface area contributed by atoms with E-state index < -0.39 is 0 Å². The van der Waals surface area contributed by atoms with Crippen LogP contribution >= 0.6 is 0 Å². The Morgan fingerprint density at radius 1 is 0.970 bits per heavy atom. The van der Waals surface area contributed by atoms with Gasteiger partial charge in [-0.1, -0.05) is 30.3 Å². The lowest BCUT2D eigenvalue weighted by molar-refractivity contribution is -0.134. The molecule has 2 fully saturated rings. The highest BCUT2D eigenvalue weighted by Gasteiger charge is 2.26. The van der Waals surface area contributed by atoms with Crippen molar-refractivity contribution in [2.24, 2.45) is 5.92 Å². The Balaban J connectivity index is 1.15. The molecule has 1 unspecified atom stereocenters. The number of hydrogen-bond donors (Lipinski definition) is 0. The van der Waals surface area contributed by atoms with Crippen molar-refractivity contribution in [3.05, 3.63) is 54.1 Å². The largest absolute Gasteiger partial charge is 0.342 e. The Kier molecular flexibility index (Phi) is 8.15. The molecular weight excluding hydrogens is 414 g/mol. The number of aryl methyl sites for hydroxylation is 2. The molecule has 7 nitrogen and oxygen atoms in total. The fourth-order valence-electron chi connectivity index (χ4n) is 5.02. The highest BCUT2D eigenvalue weighted by Crippen LogP contribution is 2.22. The lowest BCUT2D eigenvalue weighted by Crippen LogP contribution is -2.48. The van der Waals surface area contributed by atoms with Crippen LogP contribution in [0.2, 0.25) is 0 Å². The van der Waals surface area contributed by atoms with Gasteiger partial charge in [-0.15, -0.1) is 0 Å². The number of aromatic nitrogens is 2. The zero-order chi connectivity index (χ0) is 23.0. The van der Waals surface area contributed by atoms with Gasteiger partial charge in [0, 0.05) is 77.6 Å². The second-order valence-electron chi connectivity index (χ2n) is 9.45. The van der Waals surface area contributed by atoms with Crippen LogP contribution in [-0.4, -0.2) is 75.3 Å². The summed E-state index contributed by atoms with van der Waals surface area (Å²) < 4.78 is 2.03. The van der Waals surface area contributed by atoms with Crippen LogP contribution in [0.25, 0.3) is 0 Å². The number of nitrogens with zero attached hydrogens (tertiary/aromatic N) is 5. The molecule has 0 saturated carbocycles. The molecule has 3 heterocycles. The number of hydrogen-bond acceptors (Lipinski definition) is 4. The summed E-state index contributed by atoms with van der Waals surface area (Å²) in [6, 6.07) is 10.5. The normalized spacial score (nSPS) is 19.6. The number of carbonyl (C=O) groups is 2. The van der Waals surface area contributed by atoms with Crippen LogP contribution in [0.15, 0.2) is 42.7 Å². The minimum atomic E-state index is 0.216. The van der Waals surface area contributed by atoms with Crippen molar-refractivity contribution >= 4 is 11.8 Å². The number of rotatable bonds is 8.